The number of piperazine rings is 1. The van der Waals surface area contributed by atoms with E-state index in [2.05, 4.69) is 15.8 Å². The van der Waals surface area contributed by atoms with Crippen LogP contribution >= 0.6 is 11.3 Å². The van der Waals surface area contributed by atoms with Crippen LogP contribution in [0.2, 0.25) is 0 Å². The number of hydrogen-bond acceptors (Lipinski definition) is 7. The van der Waals surface area contributed by atoms with Gasteiger partial charge >= 0.3 is 10.2 Å². The third-order valence-corrected chi connectivity index (χ3v) is 8.47. The van der Waals surface area contributed by atoms with Crippen molar-refractivity contribution in [1.82, 2.24) is 24.3 Å². The molecule has 1 atom stereocenters. The zero-order chi connectivity index (χ0) is 27.0. The van der Waals surface area contributed by atoms with Gasteiger partial charge in [0, 0.05) is 37.8 Å². The van der Waals surface area contributed by atoms with Crippen molar-refractivity contribution in [3.8, 4) is 23.0 Å². The lowest BCUT2D eigenvalue weighted by Gasteiger charge is -2.40. The zero-order valence-electron chi connectivity index (χ0n) is 21.0. The molecule has 0 spiro atoms. The van der Waals surface area contributed by atoms with E-state index in [1.54, 1.807) is 11.6 Å². The number of amides is 1. The summed E-state index contributed by atoms with van der Waals surface area (Å²) in [6.07, 6.45) is 5.44. The summed E-state index contributed by atoms with van der Waals surface area (Å²) in [6, 6.07) is 11.8. The molecule has 1 fully saturated rings. The smallest absolute Gasteiger partial charge is 0.332 e. The number of aromatic nitrogens is 3. The number of rotatable bonds is 6. The van der Waals surface area contributed by atoms with Crippen molar-refractivity contribution in [2.75, 3.05) is 19.6 Å². The first kappa shape index (κ1) is 26.0. The molecule has 2 aromatic heterocycles. The number of nitrogens with zero attached hydrogens (tertiary/aromatic N) is 5. The first-order chi connectivity index (χ1) is 18.1. The quantitative estimate of drug-likeness (QED) is 0.267. The second kappa shape index (κ2) is 10.3. The minimum absolute atomic E-state index is 0.0103. The van der Waals surface area contributed by atoms with Crippen LogP contribution in [-0.2, 0) is 28.1 Å². The molecule has 5 rings (SSSR count). The molecule has 1 saturated heterocycles. The first-order valence-corrected chi connectivity index (χ1v) is 14.3. The van der Waals surface area contributed by atoms with Gasteiger partial charge in [-0.3, -0.25) is 9.69 Å². The standard InChI is InChI=1S/C27H26FN5O3S2/c1-4-20-11-21(13-22(12-20)38(28,35)36)15-31-9-10-32(18(2)14-31)25(34)16-33-24-8-6-5-7-23(24)30-27(33)26-19(3)29-17-37-26/h1,5-8,11-13,17-18H,9-10,14-16H2,2-3H3/t18-/m0/s1. The maximum absolute atomic E-state index is 13.6. The fraction of sp³-hybridized carbons (Fsp3) is 0.296. The maximum atomic E-state index is 13.6. The number of imidazole rings is 1. The predicted octanol–water partition coefficient (Wildman–Crippen LogP) is 3.84. The summed E-state index contributed by atoms with van der Waals surface area (Å²) in [4.78, 5) is 27.2. The summed E-state index contributed by atoms with van der Waals surface area (Å²) in [5.41, 5.74) is 5.28. The Labute approximate surface area is 225 Å². The van der Waals surface area contributed by atoms with Gasteiger partial charge < -0.3 is 9.47 Å². The predicted molar refractivity (Wildman–Crippen MR) is 145 cm³/mol. The molecule has 0 N–H and O–H groups in total. The van der Waals surface area contributed by atoms with E-state index in [9.17, 15) is 17.1 Å². The van der Waals surface area contributed by atoms with Gasteiger partial charge in [-0.05, 0) is 49.7 Å². The molecule has 8 nitrogen and oxygen atoms in total. The normalized spacial score (nSPS) is 16.6. The van der Waals surface area contributed by atoms with Gasteiger partial charge in [0.15, 0.2) is 5.82 Å². The Balaban J connectivity index is 1.33. The molecule has 0 aliphatic carbocycles. The summed E-state index contributed by atoms with van der Waals surface area (Å²) in [6.45, 7) is 6.13. The van der Waals surface area contributed by atoms with Crippen molar-refractivity contribution in [1.29, 1.82) is 0 Å². The number of carbonyl (C=O) groups excluding carboxylic acids is 1. The van der Waals surface area contributed by atoms with Crippen molar-refractivity contribution < 1.29 is 17.1 Å². The molecule has 0 radical (unpaired) electrons. The second-order valence-corrected chi connectivity index (χ2v) is 11.6. The van der Waals surface area contributed by atoms with Crippen LogP contribution in [0, 0.1) is 19.3 Å². The van der Waals surface area contributed by atoms with Crippen LogP contribution in [0.1, 0.15) is 23.7 Å². The largest absolute Gasteiger partial charge is 0.336 e. The van der Waals surface area contributed by atoms with E-state index in [1.807, 2.05) is 47.6 Å². The van der Waals surface area contributed by atoms with Gasteiger partial charge in [0.05, 0.1) is 27.1 Å². The van der Waals surface area contributed by atoms with Crippen molar-refractivity contribution in [2.24, 2.45) is 0 Å². The zero-order valence-corrected chi connectivity index (χ0v) is 22.6. The van der Waals surface area contributed by atoms with E-state index < -0.39 is 15.1 Å². The lowest BCUT2D eigenvalue weighted by molar-refractivity contribution is -0.136. The van der Waals surface area contributed by atoms with Crippen LogP contribution in [0.3, 0.4) is 0 Å². The minimum Gasteiger partial charge on any atom is -0.336 e. The van der Waals surface area contributed by atoms with Crippen LogP contribution in [0.4, 0.5) is 3.89 Å². The Morgan fingerprint density at radius 1 is 1.24 bits per heavy atom. The highest BCUT2D eigenvalue weighted by Crippen LogP contribution is 2.30. The first-order valence-electron chi connectivity index (χ1n) is 12.1. The van der Waals surface area contributed by atoms with Crippen LogP contribution in [0.15, 0.2) is 52.9 Å². The molecule has 0 bridgehead atoms. The summed E-state index contributed by atoms with van der Waals surface area (Å²) in [5, 5.41) is 0. The second-order valence-electron chi connectivity index (χ2n) is 9.40. The molecule has 1 aliphatic rings. The van der Waals surface area contributed by atoms with Gasteiger partial charge in [0.25, 0.3) is 0 Å². The molecule has 0 unspecified atom stereocenters. The summed E-state index contributed by atoms with van der Waals surface area (Å²) in [5.74, 6) is 3.11. The van der Waals surface area contributed by atoms with Crippen LogP contribution in [0.5, 0.6) is 0 Å². The lowest BCUT2D eigenvalue weighted by atomic mass is 10.1. The highest BCUT2D eigenvalue weighted by atomic mass is 32.3. The number of fused-ring (bicyclic) bond motifs is 1. The Hall–Kier alpha value is -3.59. The Morgan fingerprint density at radius 3 is 2.71 bits per heavy atom. The molecule has 11 heteroatoms. The molecule has 38 heavy (non-hydrogen) atoms. The fourth-order valence-corrected chi connectivity index (χ4v) is 6.29. The lowest BCUT2D eigenvalue weighted by Crippen LogP contribution is -2.54. The van der Waals surface area contributed by atoms with Gasteiger partial charge in [-0.25, -0.2) is 9.97 Å². The summed E-state index contributed by atoms with van der Waals surface area (Å²) < 4.78 is 38.5. The van der Waals surface area contributed by atoms with Gasteiger partial charge in [0.2, 0.25) is 5.91 Å². The van der Waals surface area contributed by atoms with Crippen molar-refractivity contribution >= 4 is 38.5 Å². The molecular formula is C27H26FN5O3S2. The van der Waals surface area contributed by atoms with E-state index in [4.69, 9.17) is 11.4 Å². The Kier molecular flexibility index (Phi) is 7.05. The number of thiazole rings is 1. The van der Waals surface area contributed by atoms with Crippen molar-refractivity contribution in [3.05, 3.63) is 64.8 Å². The number of hydrogen-bond donors (Lipinski definition) is 0. The van der Waals surface area contributed by atoms with Gasteiger partial charge in [-0.2, -0.15) is 8.42 Å². The SMILES string of the molecule is C#Cc1cc(CN2CCN(C(=O)Cn3c(-c4scnc4C)nc4ccccc43)[C@@H](C)C2)cc(S(=O)(=O)F)c1. The number of para-hydroxylation sites is 2. The third-order valence-electron chi connectivity index (χ3n) is 6.75. The number of halogens is 1. The average molecular weight is 552 g/mol. The monoisotopic (exact) mass is 551 g/mol. The number of aryl methyl sites for hydroxylation is 1. The van der Waals surface area contributed by atoms with Crippen LogP contribution in [0.25, 0.3) is 21.7 Å². The van der Waals surface area contributed by atoms with Gasteiger partial charge in [0.1, 0.15) is 11.4 Å². The van der Waals surface area contributed by atoms with Crippen molar-refractivity contribution in [3.63, 3.8) is 0 Å². The number of benzene rings is 2. The van der Waals surface area contributed by atoms with E-state index >= 15 is 0 Å². The summed E-state index contributed by atoms with van der Waals surface area (Å²) in [7, 11) is -4.87. The molecule has 196 valence electrons. The third kappa shape index (κ3) is 5.20. The van der Waals surface area contributed by atoms with Crippen molar-refractivity contribution in [2.45, 2.75) is 37.9 Å². The molecule has 0 saturated carbocycles. The summed E-state index contributed by atoms with van der Waals surface area (Å²) >= 11 is 1.50. The van der Waals surface area contributed by atoms with E-state index in [0.29, 0.717) is 37.3 Å². The molecule has 2 aromatic carbocycles. The van der Waals surface area contributed by atoms with Crippen LogP contribution in [-0.4, -0.2) is 64.3 Å². The van der Waals surface area contributed by atoms with Gasteiger partial charge in [-0.15, -0.1) is 21.6 Å². The molecular weight excluding hydrogens is 525 g/mol. The topological polar surface area (TPSA) is 88.4 Å². The molecule has 3 heterocycles. The Bertz CT molecular complexity index is 1670. The highest BCUT2D eigenvalue weighted by molar-refractivity contribution is 7.86. The molecule has 4 aromatic rings. The molecule has 1 amide bonds. The fourth-order valence-electron chi connectivity index (χ4n) is 4.93. The highest BCUT2D eigenvalue weighted by Gasteiger charge is 2.29. The Morgan fingerprint density at radius 2 is 2.03 bits per heavy atom. The van der Waals surface area contributed by atoms with E-state index in [0.717, 1.165) is 33.5 Å². The van der Waals surface area contributed by atoms with E-state index in [-0.39, 0.29) is 18.5 Å². The average Bonchev–Trinajstić information content (AvgIpc) is 3.46. The maximum Gasteiger partial charge on any atom is 0.332 e. The number of terminal acetylenes is 1. The van der Waals surface area contributed by atoms with E-state index in [1.165, 1.54) is 17.4 Å². The molecule has 1 aliphatic heterocycles. The van der Waals surface area contributed by atoms with Crippen LogP contribution < -0.4 is 0 Å². The number of carbonyl (C=O) groups is 1. The van der Waals surface area contributed by atoms with Gasteiger partial charge in [-0.1, -0.05) is 18.1 Å². The minimum atomic E-state index is -4.87.